The van der Waals surface area contributed by atoms with Crippen LogP contribution in [0.15, 0.2) is 61.2 Å². The molecule has 0 aliphatic carbocycles. The molecule has 3 aromatic heterocycles. The van der Waals surface area contributed by atoms with Gasteiger partial charge < -0.3 is 24.3 Å². The molecule has 1 aromatic carbocycles. The number of unbranched alkanes of at least 4 members (excludes halogenated alkanes) is 2. The van der Waals surface area contributed by atoms with Gasteiger partial charge in [-0.2, -0.15) is 0 Å². The number of fused-ring (bicyclic) bond motifs is 1. The Morgan fingerprint density at radius 1 is 1.07 bits per heavy atom. The van der Waals surface area contributed by atoms with Gasteiger partial charge in [0.05, 0.1) is 18.7 Å². The van der Waals surface area contributed by atoms with Crippen molar-refractivity contribution in [1.29, 1.82) is 0 Å². The van der Waals surface area contributed by atoms with Gasteiger partial charge in [-0.1, -0.05) is 31.4 Å². The topological polar surface area (TPSA) is 102 Å². The number of nitrogens with zero attached hydrogens (tertiary/aromatic N) is 5. The third-order valence-corrected chi connectivity index (χ3v) is 7.80. The number of hydrogen-bond acceptors (Lipinski definition) is 6. The van der Waals surface area contributed by atoms with Crippen molar-refractivity contribution in [3.05, 3.63) is 77.3 Å². The summed E-state index contributed by atoms with van der Waals surface area (Å²) < 4.78 is 13.4. The summed E-state index contributed by atoms with van der Waals surface area (Å²) in [6.45, 7) is 5.30. The van der Waals surface area contributed by atoms with E-state index in [0.29, 0.717) is 67.1 Å². The summed E-state index contributed by atoms with van der Waals surface area (Å²) in [6, 6.07) is 10.8. The Labute approximate surface area is 256 Å². The zero-order chi connectivity index (χ0) is 30.2. The van der Waals surface area contributed by atoms with Gasteiger partial charge in [0, 0.05) is 80.2 Å². The Bertz CT molecular complexity index is 1560. The molecule has 1 aliphatic rings. The highest BCUT2D eigenvalue weighted by molar-refractivity contribution is 6.35. The van der Waals surface area contributed by atoms with Gasteiger partial charge in [0.25, 0.3) is 5.91 Å². The summed E-state index contributed by atoms with van der Waals surface area (Å²) in [6.07, 6.45) is 10.7. The van der Waals surface area contributed by atoms with E-state index in [-0.39, 0.29) is 11.9 Å². The maximum absolute atomic E-state index is 13.7. The maximum atomic E-state index is 13.7. The number of carbonyl (C=O) groups excluding carboxylic acids is 2. The summed E-state index contributed by atoms with van der Waals surface area (Å²) in [5, 5.41) is 4.28. The molecule has 1 aliphatic heterocycles. The first-order valence-corrected chi connectivity index (χ1v) is 15.1. The van der Waals surface area contributed by atoms with Gasteiger partial charge in [0.2, 0.25) is 0 Å². The first-order chi connectivity index (χ1) is 21.0. The van der Waals surface area contributed by atoms with Crippen LogP contribution < -0.4 is 19.7 Å². The van der Waals surface area contributed by atoms with Crippen LogP contribution in [0, 0.1) is 0 Å². The van der Waals surface area contributed by atoms with Gasteiger partial charge in [-0.3, -0.25) is 14.7 Å². The summed E-state index contributed by atoms with van der Waals surface area (Å²) in [7, 11) is 1.62. The Morgan fingerprint density at radius 3 is 2.70 bits per heavy atom. The normalized spacial score (nSPS) is 13.4. The average molecular weight is 605 g/mol. The highest BCUT2D eigenvalue weighted by Gasteiger charge is 2.28. The number of amides is 3. The van der Waals surface area contributed by atoms with E-state index in [2.05, 4.69) is 22.2 Å². The largest absolute Gasteiger partial charge is 0.493 e. The molecule has 1 N–H and O–H groups in total. The van der Waals surface area contributed by atoms with Gasteiger partial charge in [0.1, 0.15) is 5.65 Å². The molecule has 0 saturated carbocycles. The van der Waals surface area contributed by atoms with Crippen LogP contribution in [0.3, 0.4) is 0 Å². The molecule has 0 spiro atoms. The quantitative estimate of drug-likeness (QED) is 0.190. The van der Waals surface area contributed by atoms with E-state index in [0.717, 1.165) is 42.3 Å². The van der Waals surface area contributed by atoms with Gasteiger partial charge >= 0.3 is 6.03 Å². The number of methoxy groups -OCH3 is 1. The van der Waals surface area contributed by atoms with E-state index in [4.69, 9.17) is 21.1 Å². The first kappa shape index (κ1) is 30.2. The van der Waals surface area contributed by atoms with Gasteiger partial charge in [-0.05, 0) is 48.7 Å². The van der Waals surface area contributed by atoms with Crippen LogP contribution in [0.5, 0.6) is 11.5 Å². The molecule has 0 bridgehead atoms. The molecule has 4 heterocycles. The zero-order valence-electron chi connectivity index (χ0n) is 24.6. The number of ether oxygens (including phenoxy) is 2. The zero-order valence-corrected chi connectivity index (χ0v) is 25.3. The molecule has 4 aromatic rings. The van der Waals surface area contributed by atoms with Crippen molar-refractivity contribution in [3.8, 4) is 11.5 Å². The molecule has 1 fully saturated rings. The monoisotopic (exact) mass is 604 g/mol. The van der Waals surface area contributed by atoms with Gasteiger partial charge in [-0.15, -0.1) is 0 Å². The molecule has 10 nitrogen and oxygen atoms in total. The van der Waals surface area contributed by atoms with E-state index >= 15 is 0 Å². The van der Waals surface area contributed by atoms with E-state index in [1.807, 2.05) is 39.9 Å². The van der Waals surface area contributed by atoms with Gasteiger partial charge in [0.15, 0.2) is 11.5 Å². The number of rotatable bonds is 13. The maximum Gasteiger partial charge on any atom is 0.324 e. The van der Waals surface area contributed by atoms with Crippen molar-refractivity contribution in [2.24, 2.45) is 0 Å². The molecule has 11 heteroatoms. The van der Waals surface area contributed by atoms with Crippen LogP contribution in [0.2, 0.25) is 5.02 Å². The number of pyridine rings is 2. The third-order valence-electron chi connectivity index (χ3n) is 7.51. The van der Waals surface area contributed by atoms with Gasteiger partial charge in [-0.25, -0.2) is 9.78 Å². The van der Waals surface area contributed by atoms with E-state index < -0.39 is 0 Å². The molecule has 43 heavy (non-hydrogen) atoms. The molecule has 3 amide bonds. The molecule has 0 unspecified atom stereocenters. The SMILES string of the molecule is CCCCCOc1cc(N2CCCN(Cc3ccnc4c3c(Cl)cn4CCNC(=O)c3ccncc3)C2=O)ccc1OC. The number of halogens is 1. The lowest BCUT2D eigenvalue weighted by Crippen LogP contribution is -2.49. The molecular formula is C32H37ClN6O4. The molecule has 226 valence electrons. The number of aromatic nitrogens is 3. The Balaban J connectivity index is 1.28. The van der Waals surface area contributed by atoms with E-state index in [1.165, 1.54) is 0 Å². The molecule has 0 radical (unpaired) electrons. The average Bonchev–Trinajstić information content (AvgIpc) is 3.36. The smallest absolute Gasteiger partial charge is 0.324 e. The second-order valence-electron chi connectivity index (χ2n) is 10.4. The lowest BCUT2D eigenvalue weighted by Gasteiger charge is -2.36. The van der Waals surface area contributed by atoms with Crippen LogP contribution in [0.4, 0.5) is 10.5 Å². The van der Waals surface area contributed by atoms with E-state index in [9.17, 15) is 9.59 Å². The van der Waals surface area contributed by atoms with Crippen LogP contribution in [-0.2, 0) is 13.1 Å². The van der Waals surface area contributed by atoms with E-state index in [1.54, 1.807) is 42.7 Å². The summed E-state index contributed by atoms with van der Waals surface area (Å²) in [5.41, 5.74) is 2.96. The lowest BCUT2D eigenvalue weighted by atomic mass is 10.1. The fourth-order valence-electron chi connectivity index (χ4n) is 5.28. The van der Waals surface area contributed by atoms with Crippen LogP contribution in [-0.4, -0.2) is 64.7 Å². The van der Waals surface area contributed by atoms with Crippen LogP contribution >= 0.6 is 11.6 Å². The van der Waals surface area contributed by atoms with Crippen molar-refractivity contribution < 1.29 is 19.1 Å². The Morgan fingerprint density at radius 2 is 1.91 bits per heavy atom. The number of nitrogens with one attached hydrogen (secondary N) is 1. The summed E-state index contributed by atoms with van der Waals surface area (Å²) >= 11 is 6.71. The highest BCUT2D eigenvalue weighted by Crippen LogP contribution is 2.34. The standard InChI is InChI=1S/C32H37ClN6O4/c1-3-4-5-19-43-28-20-25(7-8-27(28)42-2)39-17-6-16-38(32(39)41)21-24-11-14-35-30-29(24)26(33)22-37(30)18-15-36-31(40)23-9-12-34-13-10-23/h7-14,20,22H,3-6,15-19,21H2,1-2H3,(H,36,40). The highest BCUT2D eigenvalue weighted by atomic mass is 35.5. The number of hydrogen-bond donors (Lipinski definition) is 1. The second kappa shape index (κ2) is 14.2. The fraction of sp³-hybridized carbons (Fsp3) is 0.375. The summed E-state index contributed by atoms with van der Waals surface area (Å²) in [5.74, 6) is 1.12. The van der Waals surface area contributed by atoms with Crippen LogP contribution in [0.25, 0.3) is 11.0 Å². The number of urea groups is 1. The van der Waals surface area contributed by atoms with Crippen molar-refractivity contribution in [2.75, 3.05) is 38.3 Å². The minimum absolute atomic E-state index is 0.0762. The minimum atomic E-state index is -0.168. The predicted molar refractivity (Wildman–Crippen MR) is 167 cm³/mol. The van der Waals surface area contributed by atoms with Crippen LogP contribution in [0.1, 0.15) is 48.5 Å². The second-order valence-corrected chi connectivity index (χ2v) is 10.8. The van der Waals surface area contributed by atoms with Crippen molar-refractivity contribution in [1.82, 2.24) is 24.8 Å². The minimum Gasteiger partial charge on any atom is -0.493 e. The number of carbonyl (C=O) groups is 2. The third kappa shape index (κ3) is 7.02. The summed E-state index contributed by atoms with van der Waals surface area (Å²) in [4.78, 5) is 38.3. The Kier molecular flexibility index (Phi) is 9.99. The molecule has 5 rings (SSSR count). The predicted octanol–water partition coefficient (Wildman–Crippen LogP) is 5.92. The fourth-order valence-corrected chi connectivity index (χ4v) is 5.60. The van der Waals surface area contributed by atoms with Crippen molar-refractivity contribution in [3.63, 3.8) is 0 Å². The van der Waals surface area contributed by atoms with Crippen molar-refractivity contribution in [2.45, 2.75) is 45.7 Å². The first-order valence-electron chi connectivity index (χ1n) is 14.7. The molecule has 0 atom stereocenters. The number of benzene rings is 1. The lowest BCUT2D eigenvalue weighted by molar-refractivity contribution is 0.0952. The van der Waals surface area contributed by atoms with Crippen molar-refractivity contribution >= 4 is 40.3 Å². The Hall–Kier alpha value is -4.31. The number of anilines is 1. The molecule has 1 saturated heterocycles. The molecular weight excluding hydrogens is 568 g/mol.